The Morgan fingerprint density at radius 1 is 1.40 bits per heavy atom. The number of benzene rings is 1. The maximum Gasteiger partial charge on any atom is 0.326 e. The Labute approximate surface area is 113 Å². The summed E-state index contributed by atoms with van der Waals surface area (Å²) in [7, 11) is 0. The van der Waals surface area contributed by atoms with Crippen molar-refractivity contribution in [3.8, 4) is 5.75 Å². The molecule has 8 heteroatoms. The van der Waals surface area contributed by atoms with E-state index >= 15 is 0 Å². The molecule has 1 aromatic rings. The molecule has 2 rings (SSSR count). The predicted molar refractivity (Wildman–Crippen MR) is 66.5 cm³/mol. The molecule has 8 nitrogen and oxygen atoms in total. The Hall–Kier alpha value is -2.64. The summed E-state index contributed by atoms with van der Waals surface area (Å²) in [5.74, 6) is -2.22. The first-order valence-corrected chi connectivity index (χ1v) is 5.93. The van der Waals surface area contributed by atoms with Gasteiger partial charge >= 0.3 is 11.7 Å². The molecule has 106 valence electrons. The van der Waals surface area contributed by atoms with Crippen LogP contribution in [0.15, 0.2) is 18.2 Å². The lowest BCUT2D eigenvalue weighted by atomic mass is 10.1. The SMILES string of the molecule is O=C(O)[C@H]1CCCN1C(=O)c1ccc(O)c([N+](=O)[O-])c1. The van der Waals surface area contributed by atoms with Gasteiger partial charge in [0, 0.05) is 18.2 Å². The van der Waals surface area contributed by atoms with Crippen molar-refractivity contribution in [3.05, 3.63) is 33.9 Å². The molecule has 1 saturated heterocycles. The third-order valence-electron chi connectivity index (χ3n) is 3.22. The number of phenolic OH excluding ortho intramolecular Hbond substituents is 1. The summed E-state index contributed by atoms with van der Waals surface area (Å²) < 4.78 is 0. The number of phenols is 1. The van der Waals surface area contributed by atoms with Crippen LogP contribution in [0, 0.1) is 10.1 Å². The van der Waals surface area contributed by atoms with Crippen LogP contribution in [-0.4, -0.2) is 44.5 Å². The Kier molecular flexibility index (Phi) is 3.55. The van der Waals surface area contributed by atoms with Gasteiger partial charge in [0.05, 0.1) is 4.92 Å². The van der Waals surface area contributed by atoms with Gasteiger partial charge in [-0.3, -0.25) is 14.9 Å². The van der Waals surface area contributed by atoms with Gasteiger partial charge in [0.15, 0.2) is 5.75 Å². The fourth-order valence-corrected chi connectivity index (χ4v) is 2.24. The van der Waals surface area contributed by atoms with Crippen LogP contribution in [0.4, 0.5) is 5.69 Å². The quantitative estimate of drug-likeness (QED) is 0.629. The zero-order chi connectivity index (χ0) is 14.9. The minimum absolute atomic E-state index is 0.0114. The van der Waals surface area contributed by atoms with Crippen LogP contribution in [0.25, 0.3) is 0 Å². The summed E-state index contributed by atoms with van der Waals surface area (Å²) >= 11 is 0. The highest BCUT2D eigenvalue weighted by Gasteiger charge is 2.35. The van der Waals surface area contributed by atoms with Gasteiger partial charge in [-0.2, -0.15) is 0 Å². The zero-order valence-corrected chi connectivity index (χ0v) is 10.4. The van der Waals surface area contributed by atoms with E-state index in [1.807, 2.05) is 0 Å². The maximum atomic E-state index is 12.2. The summed E-state index contributed by atoms with van der Waals surface area (Å²) in [5, 5.41) is 29.1. The van der Waals surface area contributed by atoms with Crippen LogP contribution in [0.5, 0.6) is 5.75 Å². The molecule has 0 radical (unpaired) electrons. The molecule has 1 aliphatic rings. The smallest absolute Gasteiger partial charge is 0.326 e. The van der Waals surface area contributed by atoms with E-state index in [4.69, 9.17) is 5.11 Å². The van der Waals surface area contributed by atoms with E-state index in [9.17, 15) is 24.8 Å². The summed E-state index contributed by atoms with van der Waals surface area (Å²) in [6.07, 6.45) is 0.935. The number of hydrogen-bond donors (Lipinski definition) is 2. The molecule has 1 aromatic carbocycles. The summed E-state index contributed by atoms with van der Waals surface area (Å²) in [6.45, 7) is 0.296. The van der Waals surface area contributed by atoms with Crippen LogP contribution in [0.2, 0.25) is 0 Å². The molecule has 20 heavy (non-hydrogen) atoms. The number of likely N-dealkylation sites (tertiary alicyclic amines) is 1. The lowest BCUT2D eigenvalue weighted by molar-refractivity contribution is -0.385. The Morgan fingerprint density at radius 3 is 2.70 bits per heavy atom. The standard InChI is InChI=1S/C12H12N2O6/c15-10-4-3-7(6-9(10)14(19)20)11(16)13-5-1-2-8(13)12(17)18/h3-4,6,8,15H,1-2,5H2,(H,17,18)/t8-/m1/s1. The second-order valence-electron chi connectivity index (χ2n) is 4.46. The highest BCUT2D eigenvalue weighted by molar-refractivity contribution is 5.97. The van der Waals surface area contributed by atoms with Crippen molar-refractivity contribution in [2.24, 2.45) is 0 Å². The van der Waals surface area contributed by atoms with E-state index in [1.165, 1.54) is 11.0 Å². The monoisotopic (exact) mass is 280 g/mol. The van der Waals surface area contributed by atoms with Gasteiger partial charge in [0.1, 0.15) is 6.04 Å². The highest BCUT2D eigenvalue weighted by Crippen LogP contribution is 2.28. The van der Waals surface area contributed by atoms with Crippen molar-refractivity contribution in [2.75, 3.05) is 6.54 Å². The molecule has 1 heterocycles. The van der Waals surface area contributed by atoms with Gasteiger partial charge in [-0.25, -0.2) is 4.79 Å². The third-order valence-corrected chi connectivity index (χ3v) is 3.22. The van der Waals surface area contributed by atoms with E-state index < -0.39 is 34.3 Å². The number of rotatable bonds is 3. The molecule has 1 atom stereocenters. The molecule has 0 saturated carbocycles. The molecule has 1 amide bonds. The number of aliphatic carboxylic acids is 1. The molecule has 2 N–H and O–H groups in total. The number of nitrogens with zero attached hydrogens (tertiary/aromatic N) is 2. The van der Waals surface area contributed by atoms with Crippen LogP contribution >= 0.6 is 0 Å². The summed E-state index contributed by atoms with van der Waals surface area (Å²) in [6, 6.07) is 2.34. The average Bonchev–Trinajstić information content (AvgIpc) is 2.87. The van der Waals surface area contributed by atoms with E-state index in [0.29, 0.717) is 19.4 Å². The number of carbonyl (C=O) groups excluding carboxylic acids is 1. The minimum Gasteiger partial charge on any atom is -0.502 e. The van der Waals surface area contributed by atoms with Crippen LogP contribution in [0.1, 0.15) is 23.2 Å². The average molecular weight is 280 g/mol. The lowest BCUT2D eigenvalue weighted by Crippen LogP contribution is -2.40. The van der Waals surface area contributed by atoms with Gasteiger partial charge in [-0.15, -0.1) is 0 Å². The lowest BCUT2D eigenvalue weighted by Gasteiger charge is -2.21. The molecule has 0 aliphatic carbocycles. The highest BCUT2D eigenvalue weighted by atomic mass is 16.6. The minimum atomic E-state index is -1.09. The number of carbonyl (C=O) groups is 2. The van der Waals surface area contributed by atoms with Gasteiger partial charge < -0.3 is 15.1 Å². The van der Waals surface area contributed by atoms with E-state index in [-0.39, 0.29) is 5.56 Å². The fraction of sp³-hybridized carbons (Fsp3) is 0.333. The maximum absolute atomic E-state index is 12.2. The van der Waals surface area contributed by atoms with E-state index in [1.54, 1.807) is 0 Å². The first-order valence-electron chi connectivity index (χ1n) is 5.93. The second-order valence-corrected chi connectivity index (χ2v) is 4.46. The topological polar surface area (TPSA) is 121 Å². The number of nitro groups is 1. The first-order chi connectivity index (χ1) is 9.41. The number of carboxylic acids is 1. The van der Waals surface area contributed by atoms with E-state index in [0.717, 1.165) is 12.1 Å². The van der Waals surface area contributed by atoms with Crippen molar-refractivity contribution in [2.45, 2.75) is 18.9 Å². The van der Waals surface area contributed by atoms with Crippen LogP contribution in [-0.2, 0) is 4.79 Å². The first kappa shape index (κ1) is 13.8. The molecular weight excluding hydrogens is 268 g/mol. The number of hydrogen-bond acceptors (Lipinski definition) is 5. The molecule has 1 aliphatic heterocycles. The van der Waals surface area contributed by atoms with Crippen LogP contribution < -0.4 is 0 Å². The number of aromatic hydroxyl groups is 1. The zero-order valence-electron chi connectivity index (χ0n) is 10.4. The largest absolute Gasteiger partial charge is 0.502 e. The number of nitro benzene ring substituents is 1. The van der Waals surface area contributed by atoms with Gasteiger partial charge in [-0.1, -0.05) is 0 Å². The van der Waals surface area contributed by atoms with Gasteiger partial charge in [0.25, 0.3) is 5.91 Å². The number of amides is 1. The fourth-order valence-electron chi connectivity index (χ4n) is 2.24. The normalized spacial score (nSPS) is 18.0. The molecule has 0 bridgehead atoms. The molecular formula is C12H12N2O6. The summed E-state index contributed by atoms with van der Waals surface area (Å²) in [5.41, 5.74) is -0.593. The predicted octanol–water partition coefficient (Wildman–Crippen LogP) is 0.990. The van der Waals surface area contributed by atoms with Crippen molar-refractivity contribution in [3.63, 3.8) is 0 Å². The molecule has 0 unspecified atom stereocenters. The van der Waals surface area contributed by atoms with Gasteiger partial charge in [0.2, 0.25) is 0 Å². The third kappa shape index (κ3) is 2.40. The van der Waals surface area contributed by atoms with Crippen LogP contribution in [0.3, 0.4) is 0 Å². The molecule has 1 fully saturated rings. The molecule has 0 aromatic heterocycles. The Balaban J connectivity index is 2.32. The Morgan fingerprint density at radius 2 is 2.10 bits per heavy atom. The van der Waals surface area contributed by atoms with E-state index in [2.05, 4.69) is 0 Å². The van der Waals surface area contributed by atoms with Gasteiger partial charge in [-0.05, 0) is 25.0 Å². The second kappa shape index (κ2) is 5.16. The summed E-state index contributed by atoms with van der Waals surface area (Å²) in [4.78, 5) is 34.3. The van der Waals surface area contributed by atoms with Crippen molar-refractivity contribution in [1.82, 2.24) is 4.90 Å². The number of carboxylic acid groups (broad SMARTS) is 1. The van der Waals surface area contributed by atoms with Crippen molar-refractivity contribution >= 4 is 17.6 Å². The molecule has 0 spiro atoms. The van der Waals surface area contributed by atoms with Crippen molar-refractivity contribution < 1.29 is 24.7 Å². The van der Waals surface area contributed by atoms with Crippen molar-refractivity contribution in [1.29, 1.82) is 0 Å². The Bertz CT molecular complexity index is 585.